The molecule has 21 rings (SSSR count). The van der Waals surface area contributed by atoms with E-state index in [1.54, 1.807) is 0 Å². The lowest BCUT2D eigenvalue weighted by molar-refractivity contribution is 1.18. The fourth-order valence-electron chi connectivity index (χ4n) is 17.8. The van der Waals surface area contributed by atoms with Crippen LogP contribution in [0.3, 0.4) is 0 Å². The first-order chi connectivity index (χ1) is 54.0. The van der Waals surface area contributed by atoms with Gasteiger partial charge in [-0.25, -0.2) is 0 Å². The summed E-state index contributed by atoms with van der Waals surface area (Å²) in [7, 11) is 1.37. The monoisotopic (exact) mass is 1390 g/mol. The molecule has 17 aromatic carbocycles. The molecule has 0 unspecified atom stereocenters. The van der Waals surface area contributed by atoms with Crippen LogP contribution in [0.1, 0.15) is 0 Å². The first kappa shape index (κ1) is 63.4. The number of nitrogens with zero attached hydrogens (tertiary/aromatic N) is 4. The number of nitrogen functional groups attached to an aromatic ring is 1. The summed E-state index contributed by atoms with van der Waals surface area (Å²) < 4.78 is 5.11. The van der Waals surface area contributed by atoms with Gasteiger partial charge in [0.25, 0.3) is 0 Å². The predicted octanol–water partition coefficient (Wildman–Crippen LogP) is 23.1. The summed E-state index contributed by atoms with van der Waals surface area (Å²) in [6.45, 7) is 0. The molecule has 0 atom stereocenters. The van der Waals surface area contributed by atoms with Crippen molar-refractivity contribution in [2.75, 3.05) is 15.5 Å². The second-order valence-electron chi connectivity index (χ2n) is 28.9. The number of fused-ring (bicyclic) bond motifs is 10. The van der Waals surface area contributed by atoms with Crippen LogP contribution < -0.4 is 37.4 Å². The molecule has 2 aromatic heterocycles. The van der Waals surface area contributed by atoms with Crippen LogP contribution in [-0.2, 0) is 0 Å². The van der Waals surface area contributed by atoms with Gasteiger partial charge in [0.1, 0.15) is 0 Å². The Morgan fingerprint density at radius 3 is 0.890 bits per heavy atom. The smallest absolute Gasteiger partial charge is 0.198 e. The molecule has 0 saturated heterocycles. The SMILES string of the molecule is Nc1c(-c2cc(N(c3cc(-c4ccccc4)cc(-c4ccccc4)c3)c3ccccc3-c3ccccc3)cc3c2Bc2cccc4c5ccccc5n-3c24)cccc1-c1cc(N(c2cc(-c3ccccc3)cc(-c3ccccc3)c2)c2ccccc2-c2ccccc2)cc2c1Bc1cccc3c4ccccc4n-2c13. The molecule has 4 heterocycles. The van der Waals surface area contributed by atoms with Crippen molar-refractivity contribution in [2.24, 2.45) is 0 Å². The molecule has 0 saturated carbocycles. The Bertz CT molecular complexity index is 6270. The van der Waals surface area contributed by atoms with Gasteiger partial charge < -0.3 is 24.7 Å². The van der Waals surface area contributed by atoms with Gasteiger partial charge in [-0.2, -0.15) is 0 Å². The molecule has 2 aliphatic heterocycles. The molecule has 0 bridgehead atoms. The van der Waals surface area contributed by atoms with Crippen LogP contribution >= 0.6 is 0 Å². The standard InChI is InChI=1S/C102H69B2N5/c105-100-84(88-62-78(64-96-98(88)103-90-50-28-48-86-82-44-21-25-54-94(82)108(96)101(86)90)106(92-52-23-19-42-80(92)70-38-15-5-16-39-70)76-58-72(66-30-7-1-8-31-66)56-73(59-76)67-32-9-2-10-33-67)46-27-47-85(100)89-63-79(65-97-99(89)104-91-51-29-49-87-83-45-22-26-55-95(83)109(97)102(87)91)107(93-53-24-20-43-81(93)71-40-17-6-18-41-71)77-60-74(68-34-11-3-12-35-68)57-75(61-77)69-36-13-4-14-37-69/h1-65,103-104H,105H2. The molecule has 19 aromatic rings. The summed E-state index contributed by atoms with van der Waals surface area (Å²) in [5, 5.41) is 4.92. The quantitative estimate of drug-likeness (QED) is 0.0871. The van der Waals surface area contributed by atoms with E-state index in [0.29, 0.717) is 20.2 Å². The van der Waals surface area contributed by atoms with Gasteiger partial charge in [0, 0.05) is 94.6 Å². The molecule has 2 N–H and O–H groups in total. The van der Waals surface area contributed by atoms with E-state index in [-0.39, 0.29) is 0 Å². The summed E-state index contributed by atoms with van der Waals surface area (Å²) in [4.78, 5) is 5.04. The highest BCUT2D eigenvalue weighted by molar-refractivity contribution is 6.74. The highest BCUT2D eigenvalue weighted by atomic mass is 15.2. The maximum Gasteiger partial charge on any atom is 0.198 e. The number of benzene rings is 17. The van der Waals surface area contributed by atoms with Crippen molar-refractivity contribution >= 4 is 120 Å². The molecule has 0 aliphatic carbocycles. The second-order valence-corrected chi connectivity index (χ2v) is 28.9. The van der Waals surface area contributed by atoms with E-state index >= 15 is 0 Å². The molecule has 5 nitrogen and oxygen atoms in total. The zero-order valence-electron chi connectivity index (χ0n) is 59.8. The first-order valence-corrected chi connectivity index (χ1v) is 37.7. The zero-order valence-corrected chi connectivity index (χ0v) is 59.8. The molecule has 0 radical (unpaired) electrons. The molecule has 0 spiro atoms. The zero-order chi connectivity index (χ0) is 72.0. The summed E-state index contributed by atoms with van der Waals surface area (Å²) in [5.74, 6) is 0. The Balaban J connectivity index is 0.861. The first-order valence-electron chi connectivity index (χ1n) is 37.7. The van der Waals surface area contributed by atoms with Gasteiger partial charge in [-0.15, -0.1) is 0 Å². The van der Waals surface area contributed by atoms with Gasteiger partial charge in [0.2, 0.25) is 0 Å². The molecule has 0 fully saturated rings. The van der Waals surface area contributed by atoms with Crippen LogP contribution in [0.2, 0.25) is 0 Å². The molecule has 508 valence electrons. The highest BCUT2D eigenvalue weighted by Crippen LogP contribution is 2.50. The number of rotatable bonds is 14. The average Bonchev–Trinajstić information content (AvgIpc) is 1.36. The van der Waals surface area contributed by atoms with Gasteiger partial charge in [0.05, 0.1) is 22.4 Å². The number of para-hydroxylation sites is 7. The predicted molar refractivity (Wildman–Crippen MR) is 465 cm³/mol. The minimum Gasteiger partial charge on any atom is -0.398 e. The normalized spacial score (nSPS) is 11.9. The van der Waals surface area contributed by atoms with Crippen LogP contribution in [0.4, 0.5) is 39.8 Å². The van der Waals surface area contributed by atoms with Gasteiger partial charge in [-0.3, -0.25) is 0 Å². The van der Waals surface area contributed by atoms with Crippen molar-refractivity contribution in [3.63, 3.8) is 0 Å². The maximum absolute atomic E-state index is 8.49. The fourth-order valence-corrected chi connectivity index (χ4v) is 17.8. The summed E-state index contributed by atoms with van der Waals surface area (Å²) >= 11 is 0. The van der Waals surface area contributed by atoms with Crippen molar-refractivity contribution in [1.29, 1.82) is 0 Å². The van der Waals surface area contributed by atoms with E-state index in [0.717, 1.165) is 146 Å². The Morgan fingerprint density at radius 2 is 0.514 bits per heavy atom. The maximum atomic E-state index is 8.49. The van der Waals surface area contributed by atoms with Crippen molar-refractivity contribution in [3.8, 4) is 100 Å². The molecular formula is C102H69B2N5. The van der Waals surface area contributed by atoms with Crippen LogP contribution in [0, 0.1) is 0 Å². The van der Waals surface area contributed by atoms with Crippen molar-refractivity contribution in [2.45, 2.75) is 0 Å². The van der Waals surface area contributed by atoms with E-state index in [9.17, 15) is 0 Å². The number of hydrogen-bond donors (Lipinski definition) is 1. The Morgan fingerprint density at radius 1 is 0.220 bits per heavy atom. The van der Waals surface area contributed by atoms with Gasteiger partial charge in [-0.05, 0) is 163 Å². The van der Waals surface area contributed by atoms with Crippen LogP contribution in [0.5, 0.6) is 0 Å². The Kier molecular flexibility index (Phi) is 15.2. The molecular weight excluding hydrogens is 1320 g/mol. The minimum atomic E-state index is 0.686. The molecule has 109 heavy (non-hydrogen) atoms. The van der Waals surface area contributed by atoms with Crippen LogP contribution in [0.25, 0.3) is 144 Å². The largest absolute Gasteiger partial charge is 0.398 e. The Hall–Kier alpha value is -14.1. The van der Waals surface area contributed by atoms with E-state index < -0.39 is 0 Å². The molecule has 7 heteroatoms. The second kappa shape index (κ2) is 26.2. The summed E-state index contributed by atoms with van der Waals surface area (Å²) in [5.41, 5.74) is 44.8. The van der Waals surface area contributed by atoms with Crippen LogP contribution in [-0.4, -0.2) is 23.7 Å². The van der Waals surface area contributed by atoms with E-state index in [2.05, 4.69) is 413 Å². The number of anilines is 7. The van der Waals surface area contributed by atoms with Gasteiger partial charge in [0.15, 0.2) is 14.6 Å². The highest BCUT2D eigenvalue weighted by Gasteiger charge is 2.33. The van der Waals surface area contributed by atoms with Gasteiger partial charge in [-0.1, -0.05) is 320 Å². The number of hydrogen-bond acceptors (Lipinski definition) is 3. The van der Waals surface area contributed by atoms with Crippen molar-refractivity contribution in [3.05, 3.63) is 394 Å². The lowest BCUT2D eigenvalue weighted by Crippen LogP contribution is -2.38. The molecule has 0 amide bonds. The van der Waals surface area contributed by atoms with Crippen molar-refractivity contribution < 1.29 is 0 Å². The fraction of sp³-hybridized carbons (Fsp3) is 0. The lowest BCUT2D eigenvalue weighted by atomic mass is 9.58. The van der Waals surface area contributed by atoms with E-state index in [4.69, 9.17) is 5.73 Å². The lowest BCUT2D eigenvalue weighted by Gasteiger charge is -2.33. The third-order valence-electron chi connectivity index (χ3n) is 22.6. The Labute approximate surface area is 635 Å². The number of aromatic nitrogens is 2. The minimum absolute atomic E-state index is 0.686. The average molecular weight is 1390 g/mol. The molecule has 2 aliphatic rings. The third-order valence-corrected chi connectivity index (χ3v) is 22.6. The summed E-state index contributed by atoms with van der Waals surface area (Å²) in [6.07, 6.45) is 0. The van der Waals surface area contributed by atoms with E-state index in [1.807, 2.05) is 0 Å². The summed E-state index contributed by atoms with van der Waals surface area (Å²) in [6, 6.07) is 145. The third kappa shape index (κ3) is 10.7. The van der Waals surface area contributed by atoms with Crippen LogP contribution in [0.15, 0.2) is 394 Å². The van der Waals surface area contributed by atoms with E-state index in [1.165, 1.54) is 54.4 Å². The van der Waals surface area contributed by atoms with Gasteiger partial charge >= 0.3 is 0 Å². The topological polar surface area (TPSA) is 42.4 Å². The number of nitrogens with two attached hydrogens (primary N) is 1. The van der Waals surface area contributed by atoms with Crippen molar-refractivity contribution in [1.82, 2.24) is 9.13 Å².